The summed E-state index contributed by atoms with van der Waals surface area (Å²) in [5.41, 5.74) is 5.76. The lowest BCUT2D eigenvalue weighted by molar-refractivity contribution is 0.157. The van der Waals surface area contributed by atoms with Crippen LogP contribution in [0.15, 0.2) is 18.7 Å². The van der Waals surface area contributed by atoms with Gasteiger partial charge in [0.1, 0.15) is 12.9 Å². The molecule has 0 saturated carbocycles. The first-order valence-corrected chi connectivity index (χ1v) is 4.16. The Labute approximate surface area is 81.5 Å². The maximum Gasteiger partial charge on any atom is 0.404 e. The van der Waals surface area contributed by atoms with Crippen molar-refractivity contribution in [1.29, 1.82) is 0 Å². The summed E-state index contributed by atoms with van der Waals surface area (Å²) in [6.45, 7) is 1.46. The van der Waals surface area contributed by atoms with Crippen LogP contribution in [0.4, 0.5) is 4.79 Å². The minimum atomic E-state index is -0.755. The fourth-order valence-electron chi connectivity index (χ4n) is 0.878. The summed E-state index contributed by atoms with van der Waals surface area (Å²) >= 11 is 0. The quantitative estimate of drug-likeness (QED) is 0.629. The third kappa shape index (κ3) is 4.36. The molecule has 0 aliphatic rings. The van der Waals surface area contributed by atoms with E-state index in [0.717, 1.165) is 5.56 Å². The van der Waals surface area contributed by atoms with Crippen molar-refractivity contribution in [2.75, 3.05) is 13.2 Å². The van der Waals surface area contributed by atoms with Gasteiger partial charge < -0.3 is 15.8 Å². The molecule has 1 aromatic heterocycles. The molecule has 0 aromatic carbocycles. The number of primary amides is 1. The molecule has 0 bridgehead atoms. The molecular formula is C8H12N4O2. The summed E-state index contributed by atoms with van der Waals surface area (Å²) in [7, 11) is 0. The number of carbonyl (C=O) groups excluding carboxylic acids is 1. The lowest BCUT2D eigenvalue weighted by Gasteiger charge is -2.03. The highest BCUT2D eigenvalue weighted by atomic mass is 16.5. The third-order valence-electron chi connectivity index (χ3n) is 1.47. The second-order valence-electron chi connectivity index (χ2n) is 2.59. The number of aromatic nitrogens is 2. The van der Waals surface area contributed by atoms with Crippen LogP contribution in [-0.2, 0) is 11.3 Å². The largest absolute Gasteiger partial charge is 0.448 e. The van der Waals surface area contributed by atoms with Gasteiger partial charge in [-0.1, -0.05) is 0 Å². The van der Waals surface area contributed by atoms with Crippen LogP contribution in [0.2, 0.25) is 0 Å². The Bertz CT molecular complexity index is 278. The first-order valence-electron chi connectivity index (χ1n) is 4.16. The summed E-state index contributed by atoms with van der Waals surface area (Å²) in [5, 5.41) is 3.04. The molecule has 1 rings (SSSR count). The van der Waals surface area contributed by atoms with Crippen LogP contribution >= 0.6 is 0 Å². The van der Waals surface area contributed by atoms with Gasteiger partial charge in [-0.25, -0.2) is 14.8 Å². The summed E-state index contributed by atoms with van der Waals surface area (Å²) in [6, 6.07) is 0. The fourth-order valence-corrected chi connectivity index (χ4v) is 0.878. The summed E-state index contributed by atoms with van der Waals surface area (Å²) in [6.07, 6.45) is 4.15. The number of nitrogens with two attached hydrogens (primary N) is 1. The topological polar surface area (TPSA) is 90.1 Å². The van der Waals surface area contributed by atoms with Gasteiger partial charge in [-0.05, 0) is 0 Å². The van der Waals surface area contributed by atoms with Gasteiger partial charge in [-0.15, -0.1) is 0 Å². The van der Waals surface area contributed by atoms with Crippen LogP contribution in [0.25, 0.3) is 0 Å². The predicted molar refractivity (Wildman–Crippen MR) is 49.3 cm³/mol. The highest BCUT2D eigenvalue weighted by Crippen LogP contribution is 1.90. The van der Waals surface area contributed by atoms with Gasteiger partial charge in [-0.2, -0.15) is 0 Å². The van der Waals surface area contributed by atoms with Crippen molar-refractivity contribution >= 4 is 6.09 Å². The molecule has 0 atom stereocenters. The van der Waals surface area contributed by atoms with E-state index in [-0.39, 0.29) is 6.61 Å². The van der Waals surface area contributed by atoms with Gasteiger partial charge in [0.2, 0.25) is 0 Å². The number of nitrogens with one attached hydrogen (secondary N) is 1. The number of amides is 1. The Morgan fingerprint density at radius 2 is 2.21 bits per heavy atom. The van der Waals surface area contributed by atoms with Gasteiger partial charge in [0.25, 0.3) is 0 Å². The van der Waals surface area contributed by atoms with Crippen LogP contribution in [0, 0.1) is 0 Å². The summed E-state index contributed by atoms with van der Waals surface area (Å²) in [5.74, 6) is 0. The third-order valence-corrected chi connectivity index (χ3v) is 1.47. The number of hydrogen-bond acceptors (Lipinski definition) is 5. The smallest absolute Gasteiger partial charge is 0.404 e. The van der Waals surface area contributed by atoms with Gasteiger partial charge in [0.05, 0.1) is 0 Å². The van der Waals surface area contributed by atoms with Crippen LogP contribution in [0.5, 0.6) is 0 Å². The molecule has 0 unspecified atom stereocenters. The number of ether oxygens (including phenoxy) is 1. The molecule has 14 heavy (non-hydrogen) atoms. The molecule has 0 aliphatic heterocycles. The Balaban J connectivity index is 2.08. The van der Waals surface area contributed by atoms with Crippen molar-refractivity contribution in [1.82, 2.24) is 15.3 Å². The van der Waals surface area contributed by atoms with E-state index in [1.54, 1.807) is 12.4 Å². The molecule has 6 nitrogen and oxygen atoms in total. The maximum atomic E-state index is 10.2. The standard InChI is InChI=1S/C8H12N4O2/c9-8(13)14-2-1-10-3-7-4-11-6-12-5-7/h4-6,10H,1-3H2,(H2,9,13). The van der Waals surface area contributed by atoms with Crippen LogP contribution in [0.1, 0.15) is 5.56 Å². The minimum Gasteiger partial charge on any atom is -0.448 e. The summed E-state index contributed by atoms with van der Waals surface area (Å²) in [4.78, 5) is 17.9. The van der Waals surface area contributed by atoms with E-state index in [9.17, 15) is 4.79 Å². The number of carbonyl (C=O) groups is 1. The van der Waals surface area contributed by atoms with E-state index in [0.29, 0.717) is 13.1 Å². The van der Waals surface area contributed by atoms with Gasteiger partial charge in [0.15, 0.2) is 0 Å². The van der Waals surface area contributed by atoms with E-state index in [2.05, 4.69) is 20.0 Å². The second-order valence-corrected chi connectivity index (χ2v) is 2.59. The lowest BCUT2D eigenvalue weighted by Crippen LogP contribution is -2.23. The van der Waals surface area contributed by atoms with E-state index >= 15 is 0 Å². The van der Waals surface area contributed by atoms with Crippen LogP contribution in [-0.4, -0.2) is 29.2 Å². The zero-order valence-corrected chi connectivity index (χ0v) is 7.64. The van der Waals surface area contributed by atoms with Crippen molar-refractivity contribution in [3.8, 4) is 0 Å². The maximum absolute atomic E-state index is 10.2. The fraction of sp³-hybridized carbons (Fsp3) is 0.375. The molecule has 1 aromatic rings. The second kappa shape index (κ2) is 5.87. The molecule has 76 valence electrons. The number of rotatable bonds is 5. The minimum absolute atomic E-state index is 0.267. The molecule has 0 radical (unpaired) electrons. The average molecular weight is 196 g/mol. The van der Waals surface area contributed by atoms with Crippen LogP contribution < -0.4 is 11.1 Å². The van der Waals surface area contributed by atoms with E-state index in [1.807, 2.05) is 0 Å². The zero-order valence-electron chi connectivity index (χ0n) is 7.64. The Morgan fingerprint density at radius 1 is 1.50 bits per heavy atom. The summed E-state index contributed by atoms with van der Waals surface area (Å²) < 4.78 is 4.52. The van der Waals surface area contributed by atoms with Gasteiger partial charge in [-0.3, -0.25) is 0 Å². The zero-order chi connectivity index (χ0) is 10.2. The van der Waals surface area contributed by atoms with Crippen molar-refractivity contribution in [2.45, 2.75) is 6.54 Å². The Kier molecular flexibility index (Phi) is 4.36. The average Bonchev–Trinajstić information content (AvgIpc) is 2.18. The van der Waals surface area contributed by atoms with Gasteiger partial charge >= 0.3 is 6.09 Å². The van der Waals surface area contributed by atoms with Crippen molar-refractivity contribution in [2.24, 2.45) is 5.73 Å². The number of hydrogen-bond donors (Lipinski definition) is 2. The lowest BCUT2D eigenvalue weighted by atomic mass is 10.3. The van der Waals surface area contributed by atoms with Crippen molar-refractivity contribution in [3.63, 3.8) is 0 Å². The molecule has 3 N–H and O–H groups in total. The van der Waals surface area contributed by atoms with Gasteiger partial charge in [0, 0.05) is 31.0 Å². The number of nitrogens with zero attached hydrogens (tertiary/aromatic N) is 2. The van der Waals surface area contributed by atoms with Crippen LogP contribution in [0.3, 0.4) is 0 Å². The SMILES string of the molecule is NC(=O)OCCNCc1cncnc1. The Morgan fingerprint density at radius 3 is 2.86 bits per heavy atom. The molecule has 6 heteroatoms. The predicted octanol–water partition coefficient (Wildman–Crippen LogP) is -0.338. The normalized spacial score (nSPS) is 9.71. The first-order chi connectivity index (χ1) is 6.79. The molecule has 0 saturated heterocycles. The molecule has 1 amide bonds. The van der Waals surface area contributed by atoms with Crippen molar-refractivity contribution < 1.29 is 9.53 Å². The molecule has 0 aliphatic carbocycles. The molecule has 1 heterocycles. The van der Waals surface area contributed by atoms with E-state index < -0.39 is 6.09 Å². The highest BCUT2D eigenvalue weighted by Gasteiger charge is 1.94. The van der Waals surface area contributed by atoms with E-state index in [4.69, 9.17) is 5.73 Å². The monoisotopic (exact) mass is 196 g/mol. The first kappa shape index (κ1) is 10.4. The Hall–Kier alpha value is -1.69. The highest BCUT2D eigenvalue weighted by molar-refractivity contribution is 5.64. The van der Waals surface area contributed by atoms with Crippen molar-refractivity contribution in [3.05, 3.63) is 24.3 Å². The molecular weight excluding hydrogens is 184 g/mol. The van der Waals surface area contributed by atoms with E-state index in [1.165, 1.54) is 6.33 Å². The molecule has 0 spiro atoms. The molecule has 0 fully saturated rings.